The summed E-state index contributed by atoms with van der Waals surface area (Å²) in [4.78, 5) is 0. The standard InChI is InChI=1S/C23H25N3/c1-16(2)23(26-25)22(24)19-13-11-18(12-14-19)21-10-6-9-20(15-21)17-7-4-3-5-8-17/h3-15,22-23,26H,1,24-25H2,2H3. The SMILES string of the molecule is C=C(C)C(NN)C(N)c1ccc(-c2cccc(-c3ccccc3)c2)cc1. The fourth-order valence-electron chi connectivity index (χ4n) is 3.15. The van der Waals surface area contributed by atoms with Crippen molar-refractivity contribution in [2.45, 2.75) is 19.0 Å². The number of nitrogens with one attached hydrogen (secondary N) is 1. The molecule has 0 bridgehead atoms. The molecule has 0 aliphatic rings. The van der Waals surface area contributed by atoms with Crippen molar-refractivity contribution in [3.8, 4) is 22.3 Å². The predicted octanol–water partition coefficient (Wildman–Crippen LogP) is 4.43. The van der Waals surface area contributed by atoms with Crippen molar-refractivity contribution < 1.29 is 0 Å². The van der Waals surface area contributed by atoms with Gasteiger partial charge in [0.2, 0.25) is 0 Å². The summed E-state index contributed by atoms with van der Waals surface area (Å²) in [5, 5.41) is 0. The largest absolute Gasteiger partial charge is 0.322 e. The van der Waals surface area contributed by atoms with Crippen molar-refractivity contribution in [1.29, 1.82) is 0 Å². The van der Waals surface area contributed by atoms with Crippen molar-refractivity contribution in [1.82, 2.24) is 5.43 Å². The van der Waals surface area contributed by atoms with Crippen molar-refractivity contribution in [3.63, 3.8) is 0 Å². The monoisotopic (exact) mass is 343 g/mol. The van der Waals surface area contributed by atoms with Crippen LogP contribution in [0.25, 0.3) is 22.3 Å². The number of hydrazine groups is 1. The number of rotatable bonds is 6. The third kappa shape index (κ3) is 3.92. The van der Waals surface area contributed by atoms with Gasteiger partial charge in [0, 0.05) is 0 Å². The van der Waals surface area contributed by atoms with Crippen LogP contribution < -0.4 is 17.0 Å². The molecule has 0 radical (unpaired) electrons. The maximum Gasteiger partial charge on any atom is 0.0607 e. The highest BCUT2D eigenvalue weighted by Gasteiger charge is 2.18. The molecule has 0 fully saturated rings. The Morgan fingerprint density at radius 1 is 0.808 bits per heavy atom. The molecule has 0 spiro atoms. The molecule has 0 heterocycles. The van der Waals surface area contributed by atoms with Crippen molar-refractivity contribution >= 4 is 0 Å². The van der Waals surface area contributed by atoms with E-state index in [1.807, 2.05) is 13.0 Å². The quantitative estimate of drug-likeness (QED) is 0.352. The van der Waals surface area contributed by atoms with Crippen LogP contribution in [-0.4, -0.2) is 6.04 Å². The lowest BCUT2D eigenvalue weighted by Gasteiger charge is -2.24. The summed E-state index contributed by atoms with van der Waals surface area (Å²) < 4.78 is 0. The fourth-order valence-corrected chi connectivity index (χ4v) is 3.15. The Morgan fingerprint density at radius 2 is 1.35 bits per heavy atom. The minimum atomic E-state index is -0.234. The van der Waals surface area contributed by atoms with Crippen LogP contribution in [0, 0.1) is 0 Å². The van der Waals surface area contributed by atoms with E-state index in [-0.39, 0.29) is 12.1 Å². The Bertz CT molecular complexity index is 869. The predicted molar refractivity (Wildman–Crippen MR) is 110 cm³/mol. The van der Waals surface area contributed by atoms with Gasteiger partial charge >= 0.3 is 0 Å². The number of hydrogen-bond acceptors (Lipinski definition) is 3. The third-order valence-corrected chi connectivity index (χ3v) is 4.67. The van der Waals surface area contributed by atoms with E-state index in [2.05, 4.69) is 84.8 Å². The molecule has 3 aromatic carbocycles. The summed E-state index contributed by atoms with van der Waals surface area (Å²) in [6.45, 7) is 5.88. The van der Waals surface area contributed by atoms with E-state index >= 15 is 0 Å². The number of hydrogen-bond donors (Lipinski definition) is 3. The van der Waals surface area contributed by atoms with E-state index < -0.39 is 0 Å². The zero-order valence-electron chi connectivity index (χ0n) is 15.0. The molecular formula is C23H25N3. The van der Waals surface area contributed by atoms with Gasteiger partial charge < -0.3 is 5.73 Å². The molecule has 2 atom stereocenters. The van der Waals surface area contributed by atoms with Crippen LogP contribution in [0.1, 0.15) is 18.5 Å². The summed E-state index contributed by atoms with van der Waals surface area (Å²) in [5.41, 5.74) is 15.8. The molecule has 3 nitrogen and oxygen atoms in total. The van der Waals surface area contributed by atoms with Gasteiger partial charge in [-0.05, 0) is 40.8 Å². The topological polar surface area (TPSA) is 64.1 Å². The first kappa shape index (κ1) is 18.1. The Morgan fingerprint density at radius 3 is 1.88 bits per heavy atom. The summed E-state index contributed by atoms with van der Waals surface area (Å²) in [6, 6.07) is 26.9. The molecule has 0 saturated carbocycles. The third-order valence-electron chi connectivity index (χ3n) is 4.67. The molecule has 3 aromatic rings. The molecular weight excluding hydrogens is 318 g/mol. The van der Waals surface area contributed by atoms with Crippen molar-refractivity contribution in [2.75, 3.05) is 0 Å². The second kappa shape index (κ2) is 8.11. The molecule has 2 unspecified atom stereocenters. The van der Waals surface area contributed by atoms with Crippen molar-refractivity contribution in [3.05, 3.63) is 96.6 Å². The maximum absolute atomic E-state index is 6.34. The molecule has 3 heteroatoms. The first-order valence-corrected chi connectivity index (χ1v) is 8.73. The molecule has 132 valence electrons. The van der Waals surface area contributed by atoms with Crippen molar-refractivity contribution in [2.24, 2.45) is 11.6 Å². The minimum Gasteiger partial charge on any atom is -0.322 e. The van der Waals surface area contributed by atoms with E-state index in [9.17, 15) is 0 Å². The highest BCUT2D eigenvalue weighted by atomic mass is 15.2. The highest BCUT2D eigenvalue weighted by molar-refractivity contribution is 5.73. The number of nitrogens with two attached hydrogens (primary N) is 2. The van der Waals surface area contributed by atoms with Gasteiger partial charge in [-0.2, -0.15) is 0 Å². The Kier molecular flexibility index (Phi) is 5.64. The number of benzene rings is 3. The summed E-state index contributed by atoms with van der Waals surface area (Å²) >= 11 is 0. The van der Waals surface area contributed by atoms with Crippen LogP contribution in [0.2, 0.25) is 0 Å². The molecule has 26 heavy (non-hydrogen) atoms. The van der Waals surface area contributed by atoms with E-state index in [1.165, 1.54) is 16.7 Å². The average Bonchev–Trinajstić information content (AvgIpc) is 2.69. The van der Waals surface area contributed by atoms with E-state index in [4.69, 9.17) is 11.6 Å². The van der Waals surface area contributed by atoms with Gasteiger partial charge in [0.25, 0.3) is 0 Å². The first-order valence-electron chi connectivity index (χ1n) is 8.73. The molecule has 0 saturated heterocycles. The van der Waals surface area contributed by atoms with Gasteiger partial charge in [-0.25, -0.2) is 0 Å². The van der Waals surface area contributed by atoms with Gasteiger partial charge in [-0.3, -0.25) is 11.3 Å². The van der Waals surface area contributed by atoms with Crippen LogP contribution >= 0.6 is 0 Å². The second-order valence-corrected chi connectivity index (χ2v) is 6.59. The lowest BCUT2D eigenvalue weighted by atomic mass is 9.93. The summed E-state index contributed by atoms with van der Waals surface area (Å²) in [5.74, 6) is 5.61. The van der Waals surface area contributed by atoms with Gasteiger partial charge in [-0.15, -0.1) is 0 Å². The zero-order valence-corrected chi connectivity index (χ0v) is 15.0. The fraction of sp³-hybridized carbons (Fsp3) is 0.130. The minimum absolute atomic E-state index is 0.151. The smallest absolute Gasteiger partial charge is 0.0607 e. The Balaban J connectivity index is 1.86. The van der Waals surface area contributed by atoms with Gasteiger partial charge in [-0.1, -0.05) is 84.9 Å². The highest BCUT2D eigenvalue weighted by Crippen LogP contribution is 2.28. The van der Waals surface area contributed by atoms with Crippen LogP contribution in [-0.2, 0) is 0 Å². The molecule has 0 aliphatic heterocycles. The van der Waals surface area contributed by atoms with Gasteiger partial charge in [0.15, 0.2) is 0 Å². The molecule has 3 rings (SSSR count). The first-order chi connectivity index (χ1) is 12.6. The Hall–Kier alpha value is -2.72. The summed E-state index contributed by atoms with van der Waals surface area (Å²) in [7, 11) is 0. The van der Waals surface area contributed by atoms with Gasteiger partial charge in [0.1, 0.15) is 0 Å². The van der Waals surface area contributed by atoms with E-state index in [1.54, 1.807) is 0 Å². The maximum atomic E-state index is 6.34. The Labute approximate surface area is 155 Å². The second-order valence-electron chi connectivity index (χ2n) is 6.59. The average molecular weight is 343 g/mol. The lowest BCUT2D eigenvalue weighted by molar-refractivity contribution is 0.502. The van der Waals surface area contributed by atoms with Gasteiger partial charge in [0.05, 0.1) is 12.1 Å². The lowest BCUT2D eigenvalue weighted by Crippen LogP contribution is -2.43. The van der Waals surface area contributed by atoms with Crippen LogP contribution in [0.3, 0.4) is 0 Å². The molecule has 0 aliphatic carbocycles. The van der Waals surface area contributed by atoms with Crippen LogP contribution in [0.4, 0.5) is 0 Å². The molecule has 0 aromatic heterocycles. The van der Waals surface area contributed by atoms with E-state index in [0.717, 1.165) is 16.7 Å². The molecule has 5 N–H and O–H groups in total. The zero-order chi connectivity index (χ0) is 18.5. The van der Waals surface area contributed by atoms with E-state index in [0.29, 0.717) is 0 Å². The van der Waals surface area contributed by atoms with Crippen LogP contribution in [0.15, 0.2) is 91.0 Å². The molecule has 0 amide bonds. The van der Waals surface area contributed by atoms with Crippen LogP contribution in [0.5, 0.6) is 0 Å². The summed E-state index contributed by atoms with van der Waals surface area (Å²) in [6.07, 6.45) is 0. The normalized spacial score (nSPS) is 13.2.